The van der Waals surface area contributed by atoms with Crippen LogP contribution in [0.2, 0.25) is 0 Å². The van der Waals surface area contributed by atoms with Crippen molar-refractivity contribution in [1.82, 2.24) is 14.8 Å². The maximum Gasteiger partial charge on any atom is 0.270 e. The number of benzene rings is 2. The summed E-state index contributed by atoms with van der Waals surface area (Å²) in [7, 11) is 0. The summed E-state index contributed by atoms with van der Waals surface area (Å²) in [4.78, 5) is 19.9. The maximum atomic E-state index is 13.8. The predicted molar refractivity (Wildman–Crippen MR) is 106 cm³/mol. The number of halogens is 1. The summed E-state index contributed by atoms with van der Waals surface area (Å²) < 4.78 is 13.8. The third-order valence-electron chi connectivity index (χ3n) is 4.97. The van der Waals surface area contributed by atoms with Gasteiger partial charge in [-0.2, -0.15) is 0 Å². The van der Waals surface area contributed by atoms with Crippen molar-refractivity contribution in [1.29, 1.82) is 0 Å². The summed E-state index contributed by atoms with van der Waals surface area (Å²) >= 11 is 0. The largest absolute Gasteiger partial charge is 0.350 e. The third-order valence-corrected chi connectivity index (χ3v) is 4.97. The molecule has 1 N–H and O–H groups in total. The topological polar surface area (TPSA) is 39.3 Å². The number of aromatic nitrogens is 1. The van der Waals surface area contributed by atoms with E-state index < -0.39 is 0 Å². The third kappa shape index (κ3) is 3.93. The molecule has 0 atom stereocenters. The Balaban J connectivity index is 1.33. The van der Waals surface area contributed by atoms with Gasteiger partial charge in [0.1, 0.15) is 11.5 Å². The Hall–Kier alpha value is -2.92. The second kappa shape index (κ2) is 7.76. The molecule has 4 rings (SSSR count). The van der Waals surface area contributed by atoms with Crippen LogP contribution in [0.5, 0.6) is 0 Å². The SMILES string of the molecule is O=C(c1cc2c(F)cccc2[nH]1)N1CCN(C/C=C/c2ccccc2)CC1. The highest BCUT2D eigenvalue weighted by molar-refractivity contribution is 5.98. The van der Waals surface area contributed by atoms with E-state index in [4.69, 9.17) is 0 Å². The lowest BCUT2D eigenvalue weighted by atomic mass is 10.2. The fraction of sp³-hybridized carbons (Fsp3) is 0.227. The summed E-state index contributed by atoms with van der Waals surface area (Å²) in [6.45, 7) is 3.89. The molecule has 27 heavy (non-hydrogen) atoms. The molecule has 0 unspecified atom stereocenters. The van der Waals surface area contributed by atoms with Crippen LogP contribution in [0, 0.1) is 5.82 Å². The standard InChI is InChI=1S/C22H22FN3O/c23-19-9-4-10-20-18(19)16-21(24-20)22(27)26-14-12-25(13-15-26)11-5-8-17-6-2-1-3-7-17/h1-10,16,24H,11-15H2/b8-5+. The van der Waals surface area contributed by atoms with Crippen LogP contribution >= 0.6 is 0 Å². The Morgan fingerprint density at radius 1 is 1.04 bits per heavy atom. The quantitative estimate of drug-likeness (QED) is 0.766. The lowest BCUT2D eigenvalue weighted by molar-refractivity contribution is 0.0645. The minimum atomic E-state index is -0.308. The van der Waals surface area contributed by atoms with Crippen LogP contribution in [0.15, 0.2) is 60.7 Å². The zero-order valence-electron chi connectivity index (χ0n) is 15.1. The number of hydrogen-bond donors (Lipinski definition) is 1. The minimum absolute atomic E-state index is 0.0647. The number of carbonyl (C=O) groups is 1. The highest BCUT2D eigenvalue weighted by atomic mass is 19.1. The van der Waals surface area contributed by atoms with Gasteiger partial charge >= 0.3 is 0 Å². The molecule has 4 nitrogen and oxygen atoms in total. The first-order chi connectivity index (χ1) is 13.2. The van der Waals surface area contributed by atoms with Crippen LogP contribution < -0.4 is 0 Å². The van der Waals surface area contributed by atoms with Gasteiger partial charge in [-0.05, 0) is 23.8 Å². The second-order valence-corrected chi connectivity index (χ2v) is 6.79. The Kier molecular flexibility index (Phi) is 5.03. The summed E-state index contributed by atoms with van der Waals surface area (Å²) in [6, 6.07) is 16.7. The van der Waals surface area contributed by atoms with E-state index in [0.29, 0.717) is 29.7 Å². The van der Waals surface area contributed by atoms with E-state index >= 15 is 0 Å². The zero-order valence-corrected chi connectivity index (χ0v) is 15.1. The van der Waals surface area contributed by atoms with Gasteiger partial charge in [0.05, 0.1) is 0 Å². The van der Waals surface area contributed by atoms with Gasteiger partial charge in [0, 0.05) is 43.6 Å². The number of H-pyrrole nitrogens is 1. The molecule has 1 aliphatic heterocycles. The summed E-state index contributed by atoms with van der Waals surface area (Å²) in [5, 5.41) is 0.463. The molecule has 1 aliphatic rings. The molecule has 3 aromatic rings. The number of rotatable bonds is 4. The molecule has 1 aromatic heterocycles. The number of amides is 1. The molecule has 5 heteroatoms. The summed E-state index contributed by atoms with van der Waals surface area (Å²) in [5.74, 6) is -0.372. The fourth-order valence-electron chi connectivity index (χ4n) is 3.44. The van der Waals surface area contributed by atoms with Crippen LogP contribution in [0.4, 0.5) is 4.39 Å². The minimum Gasteiger partial charge on any atom is -0.350 e. The molecule has 0 bridgehead atoms. The van der Waals surface area contributed by atoms with Gasteiger partial charge < -0.3 is 9.88 Å². The molecule has 2 aromatic carbocycles. The average Bonchev–Trinajstić information content (AvgIpc) is 3.15. The number of hydrogen-bond acceptors (Lipinski definition) is 2. The number of aromatic amines is 1. The molecule has 0 aliphatic carbocycles. The van der Waals surface area contributed by atoms with Crippen molar-refractivity contribution in [2.45, 2.75) is 0 Å². The van der Waals surface area contributed by atoms with Crippen molar-refractivity contribution in [3.63, 3.8) is 0 Å². The maximum absolute atomic E-state index is 13.8. The van der Waals surface area contributed by atoms with E-state index in [-0.39, 0.29) is 11.7 Å². The molecule has 1 amide bonds. The highest BCUT2D eigenvalue weighted by Gasteiger charge is 2.23. The summed E-state index contributed by atoms with van der Waals surface area (Å²) in [6.07, 6.45) is 4.28. The Morgan fingerprint density at radius 3 is 2.56 bits per heavy atom. The van der Waals surface area contributed by atoms with Gasteiger partial charge in [-0.3, -0.25) is 9.69 Å². The monoisotopic (exact) mass is 363 g/mol. The van der Waals surface area contributed by atoms with Gasteiger partial charge in [-0.1, -0.05) is 48.6 Å². The van der Waals surface area contributed by atoms with Crippen LogP contribution in [-0.4, -0.2) is 53.4 Å². The van der Waals surface area contributed by atoms with Gasteiger partial charge in [0.15, 0.2) is 0 Å². The van der Waals surface area contributed by atoms with Gasteiger partial charge in [0.2, 0.25) is 0 Å². The lowest BCUT2D eigenvalue weighted by Gasteiger charge is -2.33. The van der Waals surface area contributed by atoms with E-state index in [9.17, 15) is 9.18 Å². The van der Waals surface area contributed by atoms with E-state index in [1.54, 1.807) is 18.2 Å². The number of carbonyl (C=O) groups excluding carboxylic acids is 1. The van der Waals surface area contributed by atoms with Crippen molar-refractivity contribution in [3.05, 3.63) is 77.7 Å². The fourth-order valence-corrected chi connectivity index (χ4v) is 3.44. The number of nitrogens with zero attached hydrogens (tertiary/aromatic N) is 2. The van der Waals surface area contributed by atoms with Gasteiger partial charge in [-0.15, -0.1) is 0 Å². The average molecular weight is 363 g/mol. The molecule has 1 saturated heterocycles. The number of nitrogens with one attached hydrogen (secondary N) is 1. The van der Waals surface area contributed by atoms with Crippen molar-refractivity contribution >= 4 is 22.9 Å². The van der Waals surface area contributed by atoms with E-state index in [0.717, 1.165) is 19.6 Å². The molecule has 0 saturated carbocycles. The lowest BCUT2D eigenvalue weighted by Crippen LogP contribution is -2.48. The molecular weight excluding hydrogens is 341 g/mol. The van der Waals surface area contributed by atoms with Crippen molar-refractivity contribution in [3.8, 4) is 0 Å². The van der Waals surface area contributed by atoms with Crippen molar-refractivity contribution < 1.29 is 9.18 Å². The van der Waals surface area contributed by atoms with E-state index in [1.807, 2.05) is 23.1 Å². The van der Waals surface area contributed by atoms with Crippen molar-refractivity contribution in [2.24, 2.45) is 0 Å². The predicted octanol–water partition coefficient (Wildman–Crippen LogP) is 3.78. The van der Waals surface area contributed by atoms with Crippen LogP contribution in [0.25, 0.3) is 17.0 Å². The van der Waals surface area contributed by atoms with Crippen LogP contribution in [0.3, 0.4) is 0 Å². The molecule has 1 fully saturated rings. The Bertz CT molecular complexity index is 956. The van der Waals surface area contributed by atoms with Gasteiger partial charge in [0.25, 0.3) is 5.91 Å². The van der Waals surface area contributed by atoms with E-state index in [2.05, 4.69) is 34.2 Å². The smallest absolute Gasteiger partial charge is 0.270 e. The molecule has 138 valence electrons. The van der Waals surface area contributed by atoms with Gasteiger partial charge in [-0.25, -0.2) is 4.39 Å². The molecular formula is C22H22FN3O. The van der Waals surface area contributed by atoms with E-state index in [1.165, 1.54) is 11.6 Å². The Labute approximate surface area is 157 Å². The highest BCUT2D eigenvalue weighted by Crippen LogP contribution is 2.20. The van der Waals surface area contributed by atoms with Crippen LogP contribution in [-0.2, 0) is 0 Å². The summed E-state index contributed by atoms with van der Waals surface area (Å²) in [5.41, 5.74) is 2.30. The Morgan fingerprint density at radius 2 is 1.81 bits per heavy atom. The normalized spacial score (nSPS) is 15.7. The number of piperazine rings is 1. The molecule has 0 spiro atoms. The first kappa shape index (κ1) is 17.5. The first-order valence-electron chi connectivity index (χ1n) is 9.21. The van der Waals surface area contributed by atoms with Crippen LogP contribution in [0.1, 0.15) is 16.1 Å². The zero-order chi connectivity index (χ0) is 18.6. The van der Waals surface area contributed by atoms with Crippen molar-refractivity contribution in [2.75, 3.05) is 32.7 Å². The molecule has 2 heterocycles. The second-order valence-electron chi connectivity index (χ2n) is 6.79. The molecule has 0 radical (unpaired) electrons. The number of fused-ring (bicyclic) bond motifs is 1. The first-order valence-corrected chi connectivity index (χ1v) is 9.21.